The van der Waals surface area contributed by atoms with Crippen LogP contribution in [-0.4, -0.2) is 96.7 Å². The molecule has 0 bridgehead atoms. The van der Waals surface area contributed by atoms with Crippen molar-refractivity contribution in [2.45, 2.75) is 277 Å². The number of carbonyl (C=O) groups is 4. The minimum atomic E-state index is -5.02. The van der Waals surface area contributed by atoms with Gasteiger partial charge >= 0.3 is 39.5 Å². The van der Waals surface area contributed by atoms with E-state index in [1.807, 2.05) is 24.3 Å². The van der Waals surface area contributed by atoms with Crippen molar-refractivity contribution in [2.24, 2.45) is 0 Å². The zero-order valence-electron chi connectivity index (χ0n) is 66.2. The molecule has 0 spiro atoms. The number of aliphatic hydroxyl groups excluding tert-OH is 1. The van der Waals surface area contributed by atoms with E-state index in [0.717, 1.165) is 167 Å². The molecule has 0 aromatic rings. The van der Waals surface area contributed by atoms with Gasteiger partial charge in [0.1, 0.15) is 19.3 Å². The topological polar surface area (TPSA) is 237 Å². The lowest BCUT2D eigenvalue weighted by Crippen LogP contribution is -2.30. The van der Waals surface area contributed by atoms with E-state index in [1.165, 1.54) is 0 Å². The summed E-state index contributed by atoms with van der Waals surface area (Å²) >= 11 is 0. The number of phosphoric acid groups is 2. The Balaban J connectivity index is 5.54. The Morgan fingerprint density at radius 1 is 0.259 bits per heavy atom. The van der Waals surface area contributed by atoms with Gasteiger partial charge in [-0.1, -0.05) is 272 Å². The lowest BCUT2D eigenvalue weighted by atomic mass is 10.1. The highest BCUT2D eigenvalue weighted by Crippen LogP contribution is 2.45. The van der Waals surface area contributed by atoms with E-state index in [9.17, 15) is 43.2 Å². The summed E-state index contributed by atoms with van der Waals surface area (Å²) in [6.45, 7) is 4.18. The van der Waals surface area contributed by atoms with Crippen LogP contribution in [0.1, 0.15) is 259 Å². The molecule has 0 aliphatic rings. The Morgan fingerprint density at radius 3 is 0.778 bits per heavy atom. The fourth-order valence-corrected chi connectivity index (χ4v) is 11.1. The maximum atomic E-state index is 13.1. The smallest absolute Gasteiger partial charge is 0.462 e. The first-order chi connectivity index (χ1) is 52.7. The van der Waals surface area contributed by atoms with Crippen molar-refractivity contribution in [3.63, 3.8) is 0 Å². The minimum absolute atomic E-state index is 0.0160. The van der Waals surface area contributed by atoms with E-state index in [4.69, 9.17) is 37.0 Å². The standard InChI is InChI=1S/C89H138O17P2/c1-5-9-13-17-21-25-29-33-37-39-41-43-47-49-53-57-61-65-69-73-86(91)99-79-84(105-88(93)75-71-67-63-59-55-51-45-35-31-27-23-19-15-11-7-3)81-103-107(95,96)101-77-83(90)78-102-108(97,98)104-82-85(106-89(94)76-72-68-64-60-56-52-46-36-32-28-24-20-16-12-8-4)80-100-87(92)74-70-66-62-58-54-50-48-44-42-40-38-34-30-26-22-18-14-10-6-2/h9-16,21-28,33-38,41-46,49-50,53-55,59,61,65,83-85,90H,5-8,17-20,29-32,39-40,47-48,51-52,56-58,60,62-64,66-82H2,1-4H3,(H,95,96)(H,97,98)/b13-9-,14-10-,15-11-,16-12-,25-21-,26-22-,27-23-,28-24-,37-33-,38-34-,43-41-,44-42-,45-35-,46-36-,53-49-,54-50-,59-55-,65-61-. The molecule has 108 heavy (non-hydrogen) atoms. The summed E-state index contributed by atoms with van der Waals surface area (Å²) < 4.78 is 68.5. The number of ether oxygens (including phenoxy) is 4. The largest absolute Gasteiger partial charge is 0.472 e. The molecule has 606 valence electrons. The molecule has 0 aromatic heterocycles. The van der Waals surface area contributed by atoms with E-state index >= 15 is 0 Å². The average molecular weight is 1540 g/mol. The fraction of sp³-hybridized carbons (Fsp3) is 0.551. The number of allylic oxidation sites excluding steroid dienone is 36. The van der Waals surface area contributed by atoms with Crippen LogP contribution in [-0.2, 0) is 65.4 Å². The molecule has 3 N–H and O–H groups in total. The maximum Gasteiger partial charge on any atom is 0.472 e. The Labute approximate surface area is 651 Å². The number of unbranched alkanes of at least 4 members (excludes halogenated alkanes) is 10. The van der Waals surface area contributed by atoms with Crippen LogP contribution >= 0.6 is 15.6 Å². The zero-order chi connectivity index (χ0) is 78.9. The van der Waals surface area contributed by atoms with Gasteiger partial charge in [0.2, 0.25) is 0 Å². The molecule has 0 radical (unpaired) electrons. The number of esters is 4. The number of hydrogen-bond acceptors (Lipinski definition) is 15. The first-order valence-electron chi connectivity index (χ1n) is 40.0. The lowest BCUT2D eigenvalue weighted by Gasteiger charge is -2.21. The first kappa shape index (κ1) is 101. The molecule has 0 fully saturated rings. The number of hydrogen-bond donors (Lipinski definition) is 3. The van der Waals surface area contributed by atoms with Gasteiger partial charge in [-0.05, 0) is 180 Å². The van der Waals surface area contributed by atoms with Gasteiger partial charge in [-0.3, -0.25) is 37.3 Å². The van der Waals surface area contributed by atoms with Crippen LogP contribution in [0.4, 0.5) is 0 Å². The summed E-state index contributed by atoms with van der Waals surface area (Å²) in [6.07, 6.45) is 99.4. The number of rotatable bonds is 72. The van der Waals surface area contributed by atoms with Gasteiger partial charge in [0.25, 0.3) is 0 Å². The summed E-state index contributed by atoms with van der Waals surface area (Å²) in [4.78, 5) is 73.0. The average Bonchev–Trinajstić information content (AvgIpc) is 0.923. The predicted octanol–water partition coefficient (Wildman–Crippen LogP) is 23.7. The van der Waals surface area contributed by atoms with Gasteiger partial charge in [0.15, 0.2) is 12.2 Å². The van der Waals surface area contributed by atoms with E-state index in [-0.39, 0.29) is 25.7 Å². The van der Waals surface area contributed by atoms with E-state index in [2.05, 4.69) is 222 Å². The second kappa shape index (κ2) is 78.5. The molecule has 0 amide bonds. The number of carbonyl (C=O) groups excluding carboxylic acids is 4. The van der Waals surface area contributed by atoms with Crippen LogP contribution in [0.25, 0.3) is 0 Å². The maximum absolute atomic E-state index is 13.1. The van der Waals surface area contributed by atoms with Gasteiger partial charge in [-0.2, -0.15) is 0 Å². The molecule has 5 atom stereocenters. The zero-order valence-corrected chi connectivity index (χ0v) is 68.0. The van der Waals surface area contributed by atoms with Crippen LogP contribution in [0.3, 0.4) is 0 Å². The minimum Gasteiger partial charge on any atom is -0.462 e. The van der Waals surface area contributed by atoms with Crippen LogP contribution in [0, 0.1) is 0 Å². The van der Waals surface area contributed by atoms with Crippen molar-refractivity contribution < 1.29 is 80.2 Å². The molecule has 17 nitrogen and oxygen atoms in total. The van der Waals surface area contributed by atoms with Gasteiger partial charge < -0.3 is 33.8 Å². The summed E-state index contributed by atoms with van der Waals surface area (Å²) in [5.74, 6) is -2.41. The van der Waals surface area contributed by atoms with Crippen molar-refractivity contribution in [1.82, 2.24) is 0 Å². The third-order valence-corrected chi connectivity index (χ3v) is 17.3. The van der Waals surface area contributed by atoms with Crippen molar-refractivity contribution in [2.75, 3.05) is 39.6 Å². The molecular weight excluding hydrogens is 1400 g/mol. The Hall–Kier alpha value is -6.62. The lowest BCUT2D eigenvalue weighted by molar-refractivity contribution is -0.161. The Kier molecular flexibility index (Phi) is 73.7. The third kappa shape index (κ3) is 77.5. The van der Waals surface area contributed by atoms with E-state index in [1.54, 1.807) is 0 Å². The molecule has 0 aliphatic carbocycles. The molecule has 0 saturated carbocycles. The molecule has 5 unspecified atom stereocenters. The fourth-order valence-electron chi connectivity index (χ4n) is 9.51. The van der Waals surface area contributed by atoms with Crippen molar-refractivity contribution >= 4 is 39.5 Å². The number of phosphoric ester groups is 2. The van der Waals surface area contributed by atoms with Crippen molar-refractivity contribution in [3.05, 3.63) is 219 Å². The van der Waals surface area contributed by atoms with E-state index in [0.29, 0.717) is 38.5 Å². The second-order valence-electron chi connectivity index (χ2n) is 25.5. The summed E-state index contributed by atoms with van der Waals surface area (Å²) in [7, 11) is -10.0. The molecule has 0 rings (SSSR count). The highest BCUT2D eigenvalue weighted by Gasteiger charge is 2.30. The third-order valence-electron chi connectivity index (χ3n) is 15.4. The molecule has 0 saturated heterocycles. The highest BCUT2D eigenvalue weighted by atomic mass is 31.2. The molecule has 0 aliphatic heterocycles. The van der Waals surface area contributed by atoms with Crippen molar-refractivity contribution in [1.29, 1.82) is 0 Å². The van der Waals surface area contributed by atoms with Gasteiger partial charge in [-0.25, -0.2) is 9.13 Å². The van der Waals surface area contributed by atoms with E-state index < -0.39 is 97.5 Å². The summed E-state index contributed by atoms with van der Waals surface area (Å²) in [5, 5.41) is 10.6. The normalized spacial score (nSPS) is 15.0. The Morgan fingerprint density at radius 2 is 0.472 bits per heavy atom. The van der Waals surface area contributed by atoms with Gasteiger partial charge in [-0.15, -0.1) is 0 Å². The highest BCUT2D eigenvalue weighted by molar-refractivity contribution is 7.47. The summed E-state index contributed by atoms with van der Waals surface area (Å²) in [6, 6.07) is 0. The van der Waals surface area contributed by atoms with Crippen LogP contribution in [0.15, 0.2) is 219 Å². The summed E-state index contributed by atoms with van der Waals surface area (Å²) in [5.41, 5.74) is 0. The molecule has 19 heteroatoms. The van der Waals surface area contributed by atoms with Gasteiger partial charge in [0.05, 0.1) is 26.4 Å². The van der Waals surface area contributed by atoms with Crippen molar-refractivity contribution in [3.8, 4) is 0 Å². The van der Waals surface area contributed by atoms with Gasteiger partial charge in [0, 0.05) is 25.7 Å². The SMILES string of the molecule is CC/C=C\C/C=C\C/C=C\C/C=C\C/C=C\C/C=C\CCC(=O)OCC(COP(=O)(O)OCC(O)COP(=O)(O)OCC(COC(=O)CCCCC/C=C\C/C=C\C/C=C\C/C=C\C/C=C\CC)OC(=O)CCCCCCC/C=C\C/C=C\C/C=C\CC)OC(=O)CCCC/C=C\C/C=C\C/C=C\C/C=C\CC. The van der Waals surface area contributed by atoms with Crippen LogP contribution in [0.2, 0.25) is 0 Å². The van der Waals surface area contributed by atoms with Crippen LogP contribution < -0.4 is 0 Å². The molecular formula is C89H138O17P2. The Bertz CT molecular complexity index is 2910. The predicted molar refractivity (Wildman–Crippen MR) is 445 cm³/mol. The monoisotopic (exact) mass is 1540 g/mol. The quantitative estimate of drug-likeness (QED) is 0.0169. The first-order valence-corrected chi connectivity index (χ1v) is 43.0. The number of aliphatic hydroxyl groups is 1. The van der Waals surface area contributed by atoms with Crippen LogP contribution in [0.5, 0.6) is 0 Å². The second-order valence-corrected chi connectivity index (χ2v) is 28.4. The molecule has 0 aromatic carbocycles. The molecule has 0 heterocycles.